The van der Waals surface area contributed by atoms with Gasteiger partial charge in [-0.05, 0) is 37.0 Å². The molecule has 0 spiro atoms. The van der Waals surface area contributed by atoms with E-state index < -0.39 is 23.7 Å². The molecule has 0 unspecified atom stereocenters. The van der Waals surface area contributed by atoms with E-state index in [-0.39, 0.29) is 30.4 Å². The minimum atomic E-state index is -1.17. The van der Waals surface area contributed by atoms with Crippen molar-refractivity contribution < 1.29 is 28.6 Å². The van der Waals surface area contributed by atoms with E-state index in [0.717, 1.165) is 12.5 Å². The molecule has 2 atom stereocenters. The lowest BCUT2D eigenvalue weighted by atomic mass is 9.93. The molecule has 0 aromatic heterocycles. The number of amides is 2. The van der Waals surface area contributed by atoms with Crippen molar-refractivity contribution in [1.29, 1.82) is 0 Å². The molecule has 2 aliphatic heterocycles. The molecular weight excluding hydrogens is 331 g/mol. The van der Waals surface area contributed by atoms with E-state index >= 15 is 0 Å². The van der Waals surface area contributed by atoms with Crippen LogP contribution in [0.5, 0.6) is 0 Å². The molecule has 0 bridgehead atoms. The second-order valence-electron chi connectivity index (χ2n) is 6.30. The minimum Gasteiger partial charge on any atom is -0.480 e. The van der Waals surface area contributed by atoms with Crippen LogP contribution in [0.15, 0.2) is 12.1 Å². The Morgan fingerprint density at radius 2 is 2.16 bits per heavy atom. The first-order valence-corrected chi connectivity index (χ1v) is 8.19. The normalized spacial score (nSPS) is 21.0. The molecule has 8 heteroatoms. The lowest BCUT2D eigenvalue weighted by Crippen LogP contribution is -2.48. The van der Waals surface area contributed by atoms with Gasteiger partial charge in [-0.1, -0.05) is 0 Å². The summed E-state index contributed by atoms with van der Waals surface area (Å²) in [5, 5.41) is 14.4. The molecule has 1 fully saturated rings. The highest BCUT2D eigenvalue weighted by Crippen LogP contribution is 2.26. The number of carbonyl (C=O) groups is 3. The molecule has 0 aliphatic carbocycles. The van der Waals surface area contributed by atoms with E-state index in [2.05, 4.69) is 10.6 Å². The average molecular weight is 350 g/mol. The van der Waals surface area contributed by atoms with E-state index in [9.17, 15) is 23.9 Å². The molecule has 134 valence electrons. The first-order valence-electron chi connectivity index (χ1n) is 8.19. The van der Waals surface area contributed by atoms with Crippen molar-refractivity contribution in [2.24, 2.45) is 5.92 Å². The molecule has 2 aliphatic rings. The summed E-state index contributed by atoms with van der Waals surface area (Å²) in [7, 11) is 0. The van der Waals surface area contributed by atoms with E-state index in [4.69, 9.17) is 4.74 Å². The lowest BCUT2D eigenvalue weighted by molar-refractivity contribution is -0.142. The van der Waals surface area contributed by atoms with Gasteiger partial charge >= 0.3 is 5.97 Å². The van der Waals surface area contributed by atoms with Crippen LogP contribution in [0.25, 0.3) is 0 Å². The highest BCUT2D eigenvalue weighted by Gasteiger charge is 2.32. The third kappa shape index (κ3) is 3.79. The molecule has 2 amide bonds. The summed E-state index contributed by atoms with van der Waals surface area (Å²) in [5.41, 5.74) is 0.776. The third-order valence-electron chi connectivity index (χ3n) is 4.55. The average Bonchev–Trinajstić information content (AvgIpc) is 2.59. The maximum atomic E-state index is 14.3. The Labute approximate surface area is 143 Å². The first kappa shape index (κ1) is 17.3. The summed E-state index contributed by atoms with van der Waals surface area (Å²) >= 11 is 0. The molecule has 0 saturated carbocycles. The maximum absolute atomic E-state index is 14.3. The Balaban J connectivity index is 1.79. The van der Waals surface area contributed by atoms with Gasteiger partial charge in [0.15, 0.2) is 0 Å². The molecule has 2 heterocycles. The summed E-state index contributed by atoms with van der Waals surface area (Å²) in [4.78, 5) is 35.3. The van der Waals surface area contributed by atoms with Gasteiger partial charge in [0.1, 0.15) is 11.9 Å². The van der Waals surface area contributed by atoms with Gasteiger partial charge in [0.25, 0.3) is 5.91 Å². The van der Waals surface area contributed by atoms with Crippen LogP contribution < -0.4 is 10.6 Å². The van der Waals surface area contributed by atoms with Crippen molar-refractivity contribution in [3.05, 3.63) is 29.1 Å². The number of aryl methyl sites for hydroxylation is 1. The fourth-order valence-corrected chi connectivity index (χ4v) is 3.20. The van der Waals surface area contributed by atoms with Gasteiger partial charge in [-0.2, -0.15) is 0 Å². The fraction of sp³-hybridized carbons (Fsp3) is 0.471. The monoisotopic (exact) mass is 350 g/mol. The Kier molecular flexibility index (Phi) is 4.98. The van der Waals surface area contributed by atoms with Gasteiger partial charge in [0.2, 0.25) is 5.91 Å². The van der Waals surface area contributed by atoms with Crippen LogP contribution in [0.2, 0.25) is 0 Å². The molecule has 7 nitrogen and oxygen atoms in total. The number of benzene rings is 1. The minimum absolute atomic E-state index is 0.202. The summed E-state index contributed by atoms with van der Waals surface area (Å²) in [6.07, 6.45) is 2.00. The van der Waals surface area contributed by atoms with Crippen LogP contribution in [-0.4, -0.2) is 42.1 Å². The number of carboxylic acids is 1. The third-order valence-corrected chi connectivity index (χ3v) is 4.55. The predicted molar refractivity (Wildman–Crippen MR) is 85.8 cm³/mol. The smallest absolute Gasteiger partial charge is 0.326 e. The number of rotatable bonds is 4. The number of fused-ring (bicyclic) bond motifs is 1. The van der Waals surface area contributed by atoms with Crippen LogP contribution in [-0.2, 0) is 20.7 Å². The van der Waals surface area contributed by atoms with Gasteiger partial charge < -0.3 is 20.5 Å². The van der Waals surface area contributed by atoms with Crippen molar-refractivity contribution in [3.8, 4) is 0 Å². The van der Waals surface area contributed by atoms with Crippen LogP contribution in [0, 0.1) is 11.7 Å². The number of halogens is 1. The Morgan fingerprint density at radius 3 is 2.84 bits per heavy atom. The van der Waals surface area contributed by atoms with Crippen molar-refractivity contribution in [3.63, 3.8) is 0 Å². The molecule has 1 aromatic carbocycles. The second kappa shape index (κ2) is 7.18. The number of carbonyl (C=O) groups excluding carboxylic acids is 2. The fourth-order valence-electron chi connectivity index (χ4n) is 3.20. The first-order chi connectivity index (χ1) is 12.0. The number of ether oxygens (including phenoxy) is 1. The Hall–Kier alpha value is -2.48. The van der Waals surface area contributed by atoms with E-state index in [1.165, 1.54) is 6.07 Å². The number of hydrogen-bond donors (Lipinski definition) is 3. The maximum Gasteiger partial charge on any atom is 0.326 e. The topological polar surface area (TPSA) is 105 Å². The largest absolute Gasteiger partial charge is 0.480 e. The predicted octanol–water partition coefficient (Wildman–Crippen LogP) is 1.32. The molecule has 0 radical (unpaired) electrons. The SMILES string of the molecule is O=C1CCc2cc(C(=O)N[C@H](C(=O)O)[C@@H]3CCCOC3)c(F)cc2N1. The summed E-state index contributed by atoms with van der Waals surface area (Å²) in [6, 6.07) is 1.33. The van der Waals surface area contributed by atoms with Crippen molar-refractivity contribution in [1.82, 2.24) is 5.32 Å². The van der Waals surface area contributed by atoms with E-state index in [0.29, 0.717) is 30.7 Å². The van der Waals surface area contributed by atoms with Gasteiger partial charge in [-0.25, -0.2) is 9.18 Å². The van der Waals surface area contributed by atoms with Crippen LogP contribution in [0.4, 0.5) is 10.1 Å². The van der Waals surface area contributed by atoms with Crippen LogP contribution in [0.1, 0.15) is 35.2 Å². The van der Waals surface area contributed by atoms with Crippen molar-refractivity contribution in [2.45, 2.75) is 31.7 Å². The summed E-state index contributed by atoms with van der Waals surface area (Å²) < 4.78 is 19.5. The molecular formula is C17H19FN2O5. The highest BCUT2D eigenvalue weighted by molar-refractivity contribution is 5.99. The summed E-state index contributed by atoms with van der Waals surface area (Å²) in [6.45, 7) is 0.817. The standard InChI is InChI=1S/C17H19FN2O5/c18-12-7-13-9(3-4-14(21)19-13)6-11(12)16(22)20-15(17(23)24)10-2-1-5-25-8-10/h6-7,10,15H,1-5,8H2,(H,19,21)(H,20,22)(H,23,24)/t10-,15+/m1/s1. The molecule has 25 heavy (non-hydrogen) atoms. The zero-order valence-corrected chi connectivity index (χ0v) is 13.5. The van der Waals surface area contributed by atoms with Crippen molar-refractivity contribution in [2.75, 3.05) is 18.5 Å². The number of carboxylic acid groups (broad SMARTS) is 1. The second-order valence-corrected chi connectivity index (χ2v) is 6.30. The lowest BCUT2D eigenvalue weighted by Gasteiger charge is -2.28. The van der Waals surface area contributed by atoms with Crippen LogP contribution in [0.3, 0.4) is 0 Å². The molecule has 1 saturated heterocycles. The van der Waals surface area contributed by atoms with Crippen molar-refractivity contribution >= 4 is 23.5 Å². The van der Waals surface area contributed by atoms with Crippen LogP contribution >= 0.6 is 0 Å². The van der Waals surface area contributed by atoms with Gasteiger partial charge in [0.05, 0.1) is 12.2 Å². The number of hydrogen-bond acceptors (Lipinski definition) is 4. The zero-order chi connectivity index (χ0) is 18.0. The number of aliphatic carboxylic acids is 1. The quantitative estimate of drug-likeness (QED) is 0.760. The Bertz CT molecular complexity index is 715. The van der Waals surface area contributed by atoms with Gasteiger partial charge in [-0.3, -0.25) is 9.59 Å². The van der Waals surface area contributed by atoms with E-state index in [1.54, 1.807) is 0 Å². The van der Waals surface area contributed by atoms with Gasteiger partial charge in [-0.15, -0.1) is 0 Å². The highest BCUT2D eigenvalue weighted by atomic mass is 19.1. The molecule has 1 aromatic rings. The molecule has 3 N–H and O–H groups in total. The van der Waals surface area contributed by atoms with Gasteiger partial charge in [0, 0.05) is 24.6 Å². The summed E-state index contributed by atoms with van der Waals surface area (Å²) in [5.74, 6) is -3.31. The zero-order valence-electron chi connectivity index (χ0n) is 13.5. The Morgan fingerprint density at radius 1 is 1.36 bits per heavy atom. The molecule has 3 rings (SSSR count). The number of nitrogens with one attached hydrogen (secondary N) is 2. The van der Waals surface area contributed by atoms with E-state index in [1.807, 2.05) is 0 Å². The number of anilines is 1.